The number of carbonyl (C=O) groups is 2. The van der Waals surface area contributed by atoms with Gasteiger partial charge >= 0.3 is 5.97 Å². The van der Waals surface area contributed by atoms with Gasteiger partial charge in [-0.05, 0) is 35.8 Å². The van der Waals surface area contributed by atoms with Gasteiger partial charge in [0.2, 0.25) is 5.78 Å². The molecule has 0 aliphatic rings. The number of carboxylic acids is 1. The Hall–Kier alpha value is -3.39. The summed E-state index contributed by atoms with van der Waals surface area (Å²) in [5.41, 5.74) is 2.39. The molecule has 0 aliphatic heterocycles. The Labute approximate surface area is 158 Å². The van der Waals surface area contributed by atoms with Crippen LogP contribution in [0.25, 0.3) is 6.08 Å². The van der Waals surface area contributed by atoms with Crippen LogP contribution in [0.4, 0.5) is 0 Å². The number of carboxylic acid groups (broad SMARTS) is 1. The van der Waals surface area contributed by atoms with Crippen LogP contribution < -0.4 is 4.74 Å². The van der Waals surface area contributed by atoms with E-state index in [4.69, 9.17) is 9.84 Å². The van der Waals surface area contributed by atoms with Gasteiger partial charge in [0, 0.05) is 5.56 Å². The van der Waals surface area contributed by atoms with Gasteiger partial charge in [0.15, 0.2) is 0 Å². The average Bonchev–Trinajstić information content (AvgIpc) is 2.67. The predicted molar refractivity (Wildman–Crippen MR) is 103 cm³/mol. The highest BCUT2D eigenvalue weighted by molar-refractivity contribution is 6.14. The van der Waals surface area contributed by atoms with Crippen LogP contribution in [0.5, 0.6) is 5.75 Å². The van der Waals surface area contributed by atoms with Crippen molar-refractivity contribution in [2.24, 2.45) is 0 Å². The smallest absolute Gasteiger partial charge is 0.306 e. The number of nitrogens with zero attached hydrogens (tertiary/aromatic N) is 1. The van der Waals surface area contributed by atoms with Crippen molar-refractivity contribution in [2.45, 2.75) is 26.2 Å². The lowest BCUT2D eigenvalue weighted by molar-refractivity contribution is -0.137. The third-order valence-electron chi connectivity index (χ3n) is 3.90. The molecule has 0 unspecified atom stereocenters. The molecule has 0 spiro atoms. The van der Waals surface area contributed by atoms with Crippen molar-refractivity contribution in [3.8, 4) is 11.8 Å². The number of Topliss-reactive ketones (excluding diaryl/α,β-unsaturated/α-hetero) is 1. The molecule has 0 saturated carbocycles. The molecular formula is C22H21NO4. The zero-order valence-corrected chi connectivity index (χ0v) is 15.1. The molecule has 0 aromatic heterocycles. The number of aliphatic carboxylic acids is 1. The molecule has 5 heteroatoms. The predicted octanol–water partition coefficient (Wildman–Crippen LogP) is 4.28. The summed E-state index contributed by atoms with van der Waals surface area (Å²) in [6.07, 6.45) is 3.44. The van der Waals surface area contributed by atoms with E-state index in [-0.39, 0.29) is 24.4 Å². The van der Waals surface area contributed by atoms with Crippen molar-refractivity contribution < 1.29 is 19.4 Å². The normalized spacial score (nSPS) is 10.9. The Balaban J connectivity index is 2.09. The molecule has 0 saturated heterocycles. The maximum absolute atomic E-state index is 12.6. The van der Waals surface area contributed by atoms with Crippen LogP contribution in [0.2, 0.25) is 0 Å². The van der Waals surface area contributed by atoms with E-state index >= 15 is 0 Å². The summed E-state index contributed by atoms with van der Waals surface area (Å²) in [6, 6.07) is 16.1. The first-order valence-corrected chi connectivity index (χ1v) is 8.73. The van der Waals surface area contributed by atoms with Crippen LogP contribution in [0.3, 0.4) is 0 Å². The number of hydrogen-bond acceptors (Lipinski definition) is 4. The molecule has 138 valence electrons. The van der Waals surface area contributed by atoms with Crippen LogP contribution in [-0.2, 0) is 11.2 Å². The Kier molecular flexibility index (Phi) is 7.33. The average molecular weight is 363 g/mol. The highest BCUT2D eigenvalue weighted by atomic mass is 16.5. The van der Waals surface area contributed by atoms with E-state index in [0.29, 0.717) is 16.9 Å². The van der Waals surface area contributed by atoms with Gasteiger partial charge in [-0.1, -0.05) is 49.7 Å². The zero-order chi connectivity index (χ0) is 19.6. The van der Waals surface area contributed by atoms with Crippen molar-refractivity contribution >= 4 is 17.8 Å². The third-order valence-corrected chi connectivity index (χ3v) is 3.90. The second-order valence-electron chi connectivity index (χ2n) is 6.01. The molecule has 0 amide bonds. The Morgan fingerprint density at radius 3 is 2.33 bits per heavy atom. The first-order valence-electron chi connectivity index (χ1n) is 8.73. The summed E-state index contributed by atoms with van der Waals surface area (Å²) in [7, 11) is 0. The summed E-state index contributed by atoms with van der Waals surface area (Å²) < 4.78 is 5.32. The van der Waals surface area contributed by atoms with Crippen molar-refractivity contribution in [2.75, 3.05) is 6.61 Å². The molecule has 0 heterocycles. The van der Waals surface area contributed by atoms with E-state index in [9.17, 15) is 14.9 Å². The number of rotatable bonds is 9. The molecule has 0 fully saturated rings. The Morgan fingerprint density at radius 1 is 1.11 bits per heavy atom. The van der Waals surface area contributed by atoms with Gasteiger partial charge in [-0.2, -0.15) is 5.26 Å². The summed E-state index contributed by atoms with van der Waals surface area (Å²) in [4.78, 5) is 23.0. The molecule has 0 radical (unpaired) electrons. The Morgan fingerprint density at radius 2 is 1.78 bits per heavy atom. The number of aryl methyl sites for hydroxylation is 1. The number of hydrogen-bond donors (Lipinski definition) is 1. The van der Waals surface area contributed by atoms with Gasteiger partial charge in [-0.25, -0.2) is 0 Å². The lowest BCUT2D eigenvalue weighted by Crippen LogP contribution is -2.04. The number of ether oxygens (including phenoxy) is 1. The number of allylic oxidation sites excluding steroid dienone is 1. The van der Waals surface area contributed by atoms with Crippen LogP contribution in [-0.4, -0.2) is 23.5 Å². The molecule has 1 N–H and O–H groups in total. The molecule has 2 aromatic rings. The number of benzene rings is 2. The number of carbonyl (C=O) groups excluding carboxylic acids is 1. The molecule has 2 rings (SSSR count). The van der Waals surface area contributed by atoms with Crippen LogP contribution in [0.15, 0.2) is 54.1 Å². The van der Waals surface area contributed by atoms with Crippen molar-refractivity contribution in [1.29, 1.82) is 5.26 Å². The highest BCUT2D eigenvalue weighted by Crippen LogP contribution is 2.17. The lowest BCUT2D eigenvalue weighted by atomic mass is 10.00. The van der Waals surface area contributed by atoms with E-state index in [2.05, 4.69) is 6.92 Å². The van der Waals surface area contributed by atoms with Gasteiger partial charge in [0.25, 0.3) is 0 Å². The highest BCUT2D eigenvalue weighted by Gasteiger charge is 2.12. The van der Waals surface area contributed by atoms with Gasteiger partial charge in [0.1, 0.15) is 17.4 Å². The topological polar surface area (TPSA) is 87.4 Å². The minimum Gasteiger partial charge on any atom is -0.493 e. The molecule has 2 aromatic carbocycles. The van der Waals surface area contributed by atoms with E-state index in [1.54, 1.807) is 36.4 Å². The van der Waals surface area contributed by atoms with Gasteiger partial charge in [-0.3, -0.25) is 9.59 Å². The second-order valence-corrected chi connectivity index (χ2v) is 6.01. The maximum atomic E-state index is 12.6. The van der Waals surface area contributed by atoms with Crippen LogP contribution >= 0.6 is 0 Å². The SMILES string of the molecule is CCCc1ccc(C(=O)/C(C#N)=C/c2ccc(OCCC(=O)O)cc2)cc1. The molecule has 27 heavy (non-hydrogen) atoms. The summed E-state index contributed by atoms with van der Waals surface area (Å²) in [5.74, 6) is -0.707. The molecule has 0 aliphatic carbocycles. The third kappa shape index (κ3) is 6.12. The van der Waals surface area contributed by atoms with Crippen molar-refractivity contribution in [1.82, 2.24) is 0 Å². The van der Waals surface area contributed by atoms with E-state index in [1.807, 2.05) is 18.2 Å². The van der Waals surface area contributed by atoms with Crippen LogP contribution in [0.1, 0.15) is 41.3 Å². The lowest BCUT2D eigenvalue weighted by Gasteiger charge is -2.05. The fraction of sp³-hybridized carbons (Fsp3) is 0.227. The van der Waals surface area contributed by atoms with Gasteiger partial charge in [-0.15, -0.1) is 0 Å². The van der Waals surface area contributed by atoms with Crippen molar-refractivity contribution in [3.63, 3.8) is 0 Å². The Bertz CT molecular complexity index is 859. The number of nitriles is 1. The van der Waals surface area contributed by atoms with E-state index < -0.39 is 5.97 Å². The second kappa shape index (κ2) is 9.93. The quantitative estimate of drug-likeness (QED) is 0.408. The largest absolute Gasteiger partial charge is 0.493 e. The monoisotopic (exact) mass is 363 g/mol. The van der Waals surface area contributed by atoms with Crippen LogP contribution in [0, 0.1) is 11.3 Å². The molecule has 5 nitrogen and oxygen atoms in total. The fourth-order valence-electron chi connectivity index (χ4n) is 2.50. The minimum absolute atomic E-state index is 0.0535. The zero-order valence-electron chi connectivity index (χ0n) is 15.1. The van der Waals surface area contributed by atoms with Crippen molar-refractivity contribution in [3.05, 3.63) is 70.8 Å². The number of ketones is 1. The standard InChI is InChI=1S/C22H21NO4/c1-2-3-16-4-8-18(9-5-16)22(26)19(15-23)14-17-6-10-20(11-7-17)27-13-12-21(24)25/h4-11,14H,2-3,12-13H2,1H3,(H,24,25)/b19-14+. The maximum Gasteiger partial charge on any atom is 0.306 e. The fourth-order valence-corrected chi connectivity index (χ4v) is 2.50. The summed E-state index contributed by atoms with van der Waals surface area (Å²) in [6.45, 7) is 2.18. The molecular weight excluding hydrogens is 342 g/mol. The van der Waals surface area contributed by atoms with E-state index in [0.717, 1.165) is 18.4 Å². The first kappa shape index (κ1) is 19.9. The van der Waals surface area contributed by atoms with E-state index in [1.165, 1.54) is 6.08 Å². The first-order chi connectivity index (χ1) is 13.0. The van der Waals surface area contributed by atoms with Gasteiger partial charge in [0.05, 0.1) is 13.0 Å². The summed E-state index contributed by atoms with van der Waals surface area (Å²) >= 11 is 0. The molecule has 0 bridgehead atoms. The molecule has 0 atom stereocenters. The van der Waals surface area contributed by atoms with Gasteiger partial charge < -0.3 is 9.84 Å². The summed E-state index contributed by atoms with van der Waals surface area (Å²) in [5, 5.41) is 18.0. The minimum atomic E-state index is -0.922.